The second-order valence-corrected chi connectivity index (χ2v) is 8.39. The maximum absolute atomic E-state index is 12.7. The standard InChI is InChI=1S/C19H25N3O4S/c1-10(2)14(8-23)21-16(24)11(3)20-17(25)15-9-27-19-13-7-5-4-6-12(13)18(26)22(15)19/h4-7,10-11,14-15,19,23H,8-9H2,1-3H3,(H,20,25)(H,21,24). The van der Waals surface area contributed by atoms with Crippen molar-refractivity contribution in [2.24, 2.45) is 5.92 Å². The number of hydrogen-bond donors (Lipinski definition) is 3. The van der Waals surface area contributed by atoms with Gasteiger partial charge in [0.1, 0.15) is 17.5 Å². The average Bonchev–Trinajstić information content (AvgIpc) is 3.20. The van der Waals surface area contributed by atoms with Gasteiger partial charge in [-0.15, -0.1) is 11.8 Å². The summed E-state index contributed by atoms with van der Waals surface area (Å²) in [5.74, 6) is -0.253. The summed E-state index contributed by atoms with van der Waals surface area (Å²) < 4.78 is 0. The molecule has 4 unspecified atom stereocenters. The number of aliphatic hydroxyl groups excluding tert-OH is 1. The molecular weight excluding hydrogens is 366 g/mol. The van der Waals surface area contributed by atoms with Gasteiger partial charge in [-0.3, -0.25) is 14.4 Å². The van der Waals surface area contributed by atoms with Crippen LogP contribution in [0.25, 0.3) is 0 Å². The van der Waals surface area contributed by atoms with Crippen molar-refractivity contribution in [1.82, 2.24) is 15.5 Å². The van der Waals surface area contributed by atoms with Gasteiger partial charge in [-0.05, 0) is 24.5 Å². The number of thioether (sulfide) groups is 1. The Bertz CT molecular complexity index is 754. The number of nitrogens with zero attached hydrogens (tertiary/aromatic N) is 1. The molecular formula is C19H25N3O4S. The third kappa shape index (κ3) is 3.68. The quantitative estimate of drug-likeness (QED) is 0.669. The normalized spacial score (nSPS) is 23.0. The van der Waals surface area contributed by atoms with Crippen LogP contribution in [-0.2, 0) is 9.59 Å². The van der Waals surface area contributed by atoms with E-state index in [1.54, 1.807) is 29.7 Å². The monoisotopic (exact) mass is 391 g/mol. The van der Waals surface area contributed by atoms with Gasteiger partial charge in [0.25, 0.3) is 5.91 Å². The Balaban J connectivity index is 1.64. The number of nitrogens with one attached hydrogen (secondary N) is 2. The molecule has 0 bridgehead atoms. The van der Waals surface area contributed by atoms with Crippen molar-refractivity contribution < 1.29 is 19.5 Å². The zero-order chi connectivity index (χ0) is 19.7. The molecule has 1 fully saturated rings. The topological polar surface area (TPSA) is 98.7 Å². The van der Waals surface area contributed by atoms with E-state index in [2.05, 4.69) is 10.6 Å². The minimum Gasteiger partial charge on any atom is -0.394 e. The summed E-state index contributed by atoms with van der Waals surface area (Å²) in [7, 11) is 0. The van der Waals surface area contributed by atoms with Crippen LogP contribution in [0, 0.1) is 5.92 Å². The van der Waals surface area contributed by atoms with Crippen molar-refractivity contribution in [1.29, 1.82) is 0 Å². The zero-order valence-electron chi connectivity index (χ0n) is 15.6. The molecule has 0 saturated carbocycles. The van der Waals surface area contributed by atoms with Crippen molar-refractivity contribution in [3.05, 3.63) is 35.4 Å². The van der Waals surface area contributed by atoms with Crippen molar-refractivity contribution in [2.45, 2.75) is 44.3 Å². The Morgan fingerprint density at radius 1 is 1.26 bits per heavy atom. The number of fused-ring (bicyclic) bond motifs is 3. The van der Waals surface area contributed by atoms with E-state index in [1.807, 2.05) is 32.0 Å². The van der Waals surface area contributed by atoms with E-state index in [0.717, 1.165) is 5.56 Å². The fourth-order valence-electron chi connectivity index (χ4n) is 3.35. The highest BCUT2D eigenvalue weighted by Gasteiger charge is 2.48. The van der Waals surface area contributed by atoms with Crippen LogP contribution in [0.3, 0.4) is 0 Å². The van der Waals surface area contributed by atoms with Crippen LogP contribution >= 0.6 is 11.8 Å². The molecule has 0 aliphatic carbocycles. The Morgan fingerprint density at radius 3 is 2.63 bits per heavy atom. The molecule has 8 heteroatoms. The lowest BCUT2D eigenvalue weighted by atomic mass is 10.1. The number of carbonyl (C=O) groups is 3. The van der Waals surface area contributed by atoms with Gasteiger partial charge in [0.15, 0.2) is 0 Å². The number of hydrogen-bond acceptors (Lipinski definition) is 5. The third-order valence-electron chi connectivity index (χ3n) is 5.08. The lowest BCUT2D eigenvalue weighted by molar-refractivity contribution is -0.131. The summed E-state index contributed by atoms with van der Waals surface area (Å²) in [5, 5.41) is 14.7. The van der Waals surface area contributed by atoms with Gasteiger partial charge in [-0.2, -0.15) is 0 Å². The number of benzene rings is 1. The fraction of sp³-hybridized carbons (Fsp3) is 0.526. The smallest absolute Gasteiger partial charge is 0.256 e. The molecule has 146 valence electrons. The molecule has 1 saturated heterocycles. The Morgan fingerprint density at radius 2 is 1.96 bits per heavy atom. The second kappa shape index (κ2) is 7.90. The van der Waals surface area contributed by atoms with Crippen LogP contribution in [0.5, 0.6) is 0 Å². The first-order chi connectivity index (χ1) is 12.8. The molecule has 0 spiro atoms. The SMILES string of the molecule is CC(NC(=O)C1CSC2c3ccccc3C(=O)N12)C(=O)NC(CO)C(C)C. The van der Waals surface area contributed by atoms with E-state index in [4.69, 9.17) is 0 Å². The number of carbonyl (C=O) groups excluding carboxylic acids is 3. The van der Waals surface area contributed by atoms with E-state index >= 15 is 0 Å². The first-order valence-corrected chi connectivity index (χ1v) is 10.1. The van der Waals surface area contributed by atoms with E-state index < -0.39 is 12.1 Å². The average molecular weight is 391 g/mol. The van der Waals surface area contributed by atoms with Crippen LogP contribution in [0.1, 0.15) is 42.1 Å². The van der Waals surface area contributed by atoms with Gasteiger partial charge >= 0.3 is 0 Å². The molecule has 7 nitrogen and oxygen atoms in total. The van der Waals surface area contributed by atoms with Crippen LogP contribution in [0.4, 0.5) is 0 Å². The molecule has 2 aliphatic rings. The minimum atomic E-state index is -0.755. The molecule has 0 aromatic heterocycles. The number of rotatable bonds is 6. The summed E-state index contributed by atoms with van der Waals surface area (Å²) in [6.45, 7) is 5.24. The van der Waals surface area contributed by atoms with E-state index in [-0.39, 0.29) is 41.7 Å². The molecule has 2 aliphatic heterocycles. The molecule has 4 atom stereocenters. The first kappa shape index (κ1) is 19.7. The van der Waals surface area contributed by atoms with Crippen LogP contribution in [0.2, 0.25) is 0 Å². The summed E-state index contributed by atoms with van der Waals surface area (Å²) in [4.78, 5) is 39.4. The van der Waals surface area contributed by atoms with Gasteiger partial charge in [-0.1, -0.05) is 32.0 Å². The Hall–Kier alpha value is -2.06. The van der Waals surface area contributed by atoms with Crippen molar-refractivity contribution in [2.75, 3.05) is 12.4 Å². The zero-order valence-corrected chi connectivity index (χ0v) is 16.5. The van der Waals surface area contributed by atoms with E-state index in [1.165, 1.54) is 0 Å². The van der Waals surface area contributed by atoms with Crippen molar-refractivity contribution >= 4 is 29.5 Å². The van der Waals surface area contributed by atoms with Crippen LogP contribution < -0.4 is 10.6 Å². The highest BCUT2D eigenvalue weighted by Crippen LogP contribution is 2.48. The van der Waals surface area contributed by atoms with Gasteiger partial charge in [-0.25, -0.2) is 0 Å². The molecule has 3 amide bonds. The maximum atomic E-state index is 12.7. The third-order valence-corrected chi connectivity index (χ3v) is 6.38. The predicted octanol–water partition coefficient (Wildman–Crippen LogP) is 0.894. The lowest BCUT2D eigenvalue weighted by Gasteiger charge is -2.26. The molecule has 1 aromatic carbocycles. The summed E-state index contributed by atoms with van der Waals surface area (Å²) in [6.07, 6.45) is 0. The molecule has 1 aromatic rings. The van der Waals surface area contributed by atoms with E-state index in [9.17, 15) is 19.5 Å². The molecule has 0 radical (unpaired) electrons. The maximum Gasteiger partial charge on any atom is 0.256 e. The van der Waals surface area contributed by atoms with Crippen molar-refractivity contribution in [3.63, 3.8) is 0 Å². The highest BCUT2D eigenvalue weighted by molar-refractivity contribution is 7.99. The largest absolute Gasteiger partial charge is 0.394 e. The van der Waals surface area contributed by atoms with Crippen molar-refractivity contribution in [3.8, 4) is 0 Å². The van der Waals surface area contributed by atoms with Gasteiger partial charge in [0.05, 0.1) is 12.6 Å². The highest BCUT2D eigenvalue weighted by atomic mass is 32.2. The summed E-state index contributed by atoms with van der Waals surface area (Å²) in [5.41, 5.74) is 1.58. The van der Waals surface area contributed by atoms with Gasteiger partial charge in [0.2, 0.25) is 11.8 Å². The fourth-order valence-corrected chi connectivity index (χ4v) is 4.81. The molecule has 3 rings (SSSR count). The first-order valence-electron chi connectivity index (χ1n) is 9.10. The number of aliphatic hydroxyl groups is 1. The number of amides is 3. The molecule has 2 heterocycles. The minimum absolute atomic E-state index is 0.0783. The van der Waals surface area contributed by atoms with Crippen LogP contribution in [0.15, 0.2) is 24.3 Å². The Labute approximate surface area is 162 Å². The second-order valence-electron chi connectivity index (χ2n) is 7.27. The van der Waals surface area contributed by atoms with Gasteiger partial charge < -0.3 is 20.6 Å². The summed E-state index contributed by atoms with van der Waals surface area (Å²) in [6, 6.07) is 5.69. The predicted molar refractivity (Wildman–Crippen MR) is 103 cm³/mol. The lowest BCUT2D eigenvalue weighted by Crippen LogP contribution is -2.54. The summed E-state index contributed by atoms with van der Waals surface area (Å²) >= 11 is 1.56. The van der Waals surface area contributed by atoms with E-state index in [0.29, 0.717) is 11.3 Å². The Kier molecular flexibility index (Phi) is 5.76. The van der Waals surface area contributed by atoms with Crippen LogP contribution in [-0.4, -0.2) is 58.2 Å². The molecule has 3 N–H and O–H groups in total. The molecule has 27 heavy (non-hydrogen) atoms. The van der Waals surface area contributed by atoms with Gasteiger partial charge in [0, 0.05) is 11.3 Å².